The molecule has 2 atom stereocenters. The maximum atomic E-state index is 5.98. The fourth-order valence-electron chi connectivity index (χ4n) is 2.16. The molecule has 2 nitrogen and oxygen atoms in total. The van der Waals surface area contributed by atoms with E-state index < -0.39 is 0 Å². The molecule has 15 heavy (non-hydrogen) atoms. The zero-order chi connectivity index (χ0) is 10.7. The Morgan fingerprint density at radius 3 is 3.13 bits per heavy atom. The maximum absolute atomic E-state index is 5.98. The summed E-state index contributed by atoms with van der Waals surface area (Å²) in [6, 6.07) is 8.62. The fraction of sp³-hybridized carbons (Fsp3) is 0.500. The highest BCUT2D eigenvalue weighted by Gasteiger charge is 2.24. The Balaban J connectivity index is 2.01. The monoisotopic (exact) mass is 225 g/mol. The lowest BCUT2D eigenvalue weighted by atomic mass is 9.96. The first kappa shape index (κ1) is 10.9. The van der Waals surface area contributed by atoms with E-state index in [1.807, 2.05) is 12.1 Å². The summed E-state index contributed by atoms with van der Waals surface area (Å²) in [5.41, 5.74) is 1.33. The number of nitrogens with one attached hydrogen (secondary N) is 1. The van der Waals surface area contributed by atoms with Crippen LogP contribution in [0.3, 0.4) is 0 Å². The predicted octanol–water partition coefficient (Wildman–Crippen LogP) is 2.43. The summed E-state index contributed by atoms with van der Waals surface area (Å²) in [6.07, 6.45) is 1.13. The molecule has 1 aliphatic rings. The maximum Gasteiger partial charge on any atom is 0.0616 e. The van der Waals surface area contributed by atoms with Gasteiger partial charge in [0, 0.05) is 24.7 Å². The van der Waals surface area contributed by atoms with Gasteiger partial charge in [-0.1, -0.05) is 23.7 Å². The van der Waals surface area contributed by atoms with Crippen molar-refractivity contribution < 1.29 is 4.74 Å². The molecular formula is C12H16ClNO. The van der Waals surface area contributed by atoms with Crippen molar-refractivity contribution in [3.8, 4) is 0 Å². The van der Waals surface area contributed by atoms with Crippen LogP contribution in [0.25, 0.3) is 0 Å². The Kier molecular flexibility index (Phi) is 3.62. The number of ether oxygens (including phenoxy) is 1. The summed E-state index contributed by atoms with van der Waals surface area (Å²) in [6.45, 7) is 1.81. The largest absolute Gasteiger partial charge is 0.383 e. The van der Waals surface area contributed by atoms with Crippen molar-refractivity contribution in [3.63, 3.8) is 0 Å². The van der Waals surface area contributed by atoms with Crippen LogP contribution in [0, 0.1) is 0 Å². The minimum absolute atomic E-state index is 0.485. The van der Waals surface area contributed by atoms with Crippen LogP contribution in [0.2, 0.25) is 5.02 Å². The summed E-state index contributed by atoms with van der Waals surface area (Å²) < 4.78 is 5.15. The molecular weight excluding hydrogens is 210 g/mol. The molecule has 2 rings (SSSR count). The highest BCUT2D eigenvalue weighted by molar-refractivity contribution is 6.30. The number of methoxy groups -OCH3 is 1. The third-order valence-corrected chi connectivity index (χ3v) is 3.14. The Bertz CT molecular complexity index is 329. The van der Waals surface area contributed by atoms with E-state index in [-0.39, 0.29) is 0 Å². The zero-order valence-corrected chi connectivity index (χ0v) is 9.63. The van der Waals surface area contributed by atoms with E-state index in [0.29, 0.717) is 12.0 Å². The number of benzene rings is 1. The van der Waals surface area contributed by atoms with E-state index in [2.05, 4.69) is 17.4 Å². The molecule has 0 bridgehead atoms. The highest BCUT2D eigenvalue weighted by Crippen LogP contribution is 2.27. The van der Waals surface area contributed by atoms with E-state index in [9.17, 15) is 0 Å². The van der Waals surface area contributed by atoms with Gasteiger partial charge in [0.25, 0.3) is 0 Å². The van der Waals surface area contributed by atoms with Crippen molar-refractivity contribution in [2.45, 2.75) is 18.4 Å². The van der Waals surface area contributed by atoms with Crippen LogP contribution in [0.1, 0.15) is 17.9 Å². The second kappa shape index (κ2) is 4.97. The molecule has 1 saturated heterocycles. The Hall–Kier alpha value is -0.570. The molecule has 1 N–H and O–H groups in total. The van der Waals surface area contributed by atoms with Gasteiger partial charge in [-0.2, -0.15) is 0 Å². The van der Waals surface area contributed by atoms with Crippen molar-refractivity contribution in [3.05, 3.63) is 34.9 Å². The van der Waals surface area contributed by atoms with Gasteiger partial charge < -0.3 is 10.1 Å². The lowest BCUT2D eigenvalue weighted by molar-refractivity contribution is 0.173. The summed E-state index contributed by atoms with van der Waals surface area (Å²) in [5.74, 6) is 0.573. The first-order valence-electron chi connectivity index (χ1n) is 5.27. The normalized spacial score (nSPS) is 25.7. The average molecular weight is 226 g/mol. The zero-order valence-electron chi connectivity index (χ0n) is 8.87. The van der Waals surface area contributed by atoms with Crippen molar-refractivity contribution >= 4 is 11.6 Å². The molecule has 1 fully saturated rings. The topological polar surface area (TPSA) is 21.3 Å². The number of hydrogen-bond acceptors (Lipinski definition) is 2. The van der Waals surface area contributed by atoms with E-state index in [1.54, 1.807) is 7.11 Å². The van der Waals surface area contributed by atoms with Crippen LogP contribution in [-0.4, -0.2) is 26.3 Å². The minimum atomic E-state index is 0.485. The molecule has 0 aliphatic carbocycles. The third kappa shape index (κ3) is 2.71. The molecule has 0 spiro atoms. The lowest BCUT2D eigenvalue weighted by Crippen LogP contribution is -2.25. The summed E-state index contributed by atoms with van der Waals surface area (Å²) in [5, 5.41) is 4.28. The van der Waals surface area contributed by atoms with Gasteiger partial charge in [0.2, 0.25) is 0 Å². The molecule has 0 amide bonds. The number of rotatable bonds is 3. The Morgan fingerprint density at radius 1 is 1.53 bits per heavy atom. The van der Waals surface area contributed by atoms with Crippen molar-refractivity contribution in [1.29, 1.82) is 0 Å². The Labute approximate surface area is 95.6 Å². The summed E-state index contributed by atoms with van der Waals surface area (Å²) in [4.78, 5) is 0. The van der Waals surface area contributed by atoms with E-state index >= 15 is 0 Å². The molecule has 2 unspecified atom stereocenters. The quantitative estimate of drug-likeness (QED) is 0.853. The standard InChI is InChI=1S/C12H16ClNO/c1-15-8-12-6-10(7-14-12)9-3-2-4-11(13)5-9/h2-5,10,12,14H,6-8H2,1H3. The van der Waals surface area contributed by atoms with Crippen LogP contribution in [-0.2, 0) is 4.74 Å². The van der Waals surface area contributed by atoms with E-state index in [1.165, 1.54) is 5.56 Å². The average Bonchev–Trinajstić information content (AvgIpc) is 2.67. The van der Waals surface area contributed by atoms with Gasteiger partial charge in [-0.25, -0.2) is 0 Å². The van der Waals surface area contributed by atoms with Crippen LogP contribution < -0.4 is 5.32 Å². The third-order valence-electron chi connectivity index (χ3n) is 2.91. The number of halogens is 1. The fourth-order valence-corrected chi connectivity index (χ4v) is 2.36. The van der Waals surface area contributed by atoms with Gasteiger partial charge in [0.15, 0.2) is 0 Å². The van der Waals surface area contributed by atoms with E-state index in [4.69, 9.17) is 16.3 Å². The predicted molar refractivity (Wildman–Crippen MR) is 62.5 cm³/mol. The lowest BCUT2D eigenvalue weighted by Gasteiger charge is -2.10. The molecule has 1 aromatic carbocycles. The summed E-state index contributed by atoms with van der Waals surface area (Å²) in [7, 11) is 1.74. The molecule has 0 radical (unpaired) electrons. The minimum Gasteiger partial charge on any atom is -0.383 e. The SMILES string of the molecule is COCC1CC(c2cccc(Cl)c2)CN1. The van der Waals surface area contributed by atoms with Crippen LogP contribution >= 0.6 is 11.6 Å². The van der Waals surface area contributed by atoms with Crippen LogP contribution in [0.4, 0.5) is 0 Å². The smallest absolute Gasteiger partial charge is 0.0616 e. The Morgan fingerprint density at radius 2 is 2.40 bits per heavy atom. The van der Waals surface area contributed by atoms with Gasteiger partial charge >= 0.3 is 0 Å². The second-order valence-corrected chi connectivity index (χ2v) is 4.48. The molecule has 1 aromatic rings. The molecule has 82 valence electrons. The second-order valence-electron chi connectivity index (χ2n) is 4.05. The first-order valence-corrected chi connectivity index (χ1v) is 5.65. The van der Waals surface area contributed by atoms with Gasteiger partial charge in [0.05, 0.1) is 6.61 Å². The summed E-state index contributed by atoms with van der Waals surface area (Å²) >= 11 is 5.98. The van der Waals surface area contributed by atoms with E-state index in [0.717, 1.165) is 24.6 Å². The first-order chi connectivity index (χ1) is 7.29. The molecule has 0 aromatic heterocycles. The molecule has 1 aliphatic heterocycles. The molecule has 1 heterocycles. The molecule has 3 heteroatoms. The molecule has 0 saturated carbocycles. The van der Waals surface area contributed by atoms with Crippen molar-refractivity contribution in [2.24, 2.45) is 0 Å². The van der Waals surface area contributed by atoms with Gasteiger partial charge in [-0.3, -0.25) is 0 Å². The number of hydrogen-bond donors (Lipinski definition) is 1. The van der Waals surface area contributed by atoms with Gasteiger partial charge in [-0.05, 0) is 30.0 Å². The van der Waals surface area contributed by atoms with Crippen LogP contribution in [0.5, 0.6) is 0 Å². The van der Waals surface area contributed by atoms with Gasteiger partial charge in [-0.15, -0.1) is 0 Å². The van der Waals surface area contributed by atoms with Crippen LogP contribution in [0.15, 0.2) is 24.3 Å². The van der Waals surface area contributed by atoms with Crippen molar-refractivity contribution in [1.82, 2.24) is 5.32 Å². The van der Waals surface area contributed by atoms with Gasteiger partial charge in [0.1, 0.15) is 0 Å². The highest BCUT2D eigenvalue weighted by atomic mass is 35.5. The van der Waals surface area contributed by atoms with Crippen molar-refractivity contribution in [2.75, 3.05) is 20.3 Å².